The third kappa shape index (κ3) is 4.42. The predicted molar refractivity (Wildman–Crippen MR) is 124 cm³/mol. The molecule has 0 aliphatic carbocycles. The normalized spacial score (nSPS) is 11.0. The van der Waals surface area contributed by atoms with Gasteiger partial charge in [-0.3, -0.25) is 0 Å². The van der Waals surface area contributed by atoms with E-state index in [-0.39, 0.29) is 0 Å². The Hall–Kier alpha value is -3.09. The minimum Gasteiger partial charge on any atom is -0.363 e. The molecule has 0 aliphatic rings. The van der Waals surface area contributed by atoms with Crippen LogP contribution in [0.2, 0.25) is 0 Å². The van der Waals surface area contributed by atoms with Crippen LogP contribution in [0, 0.1) is 6.92 Å². The highest BCUT2D eigenvalue weighted by molar-refractivity contribution is 6.11. The lowest BCUT2D eigenvalue weighted by Gasteiger charge is -2.18. The van der Waals surface area contributed by atoms with Gasteiger partial charge >= 0.3 is 0 Å². The average molecular weight is 371 g/mol. The SMILES string of the molecule is C=C=C(C(=C)c1cccc(CC)c1C)c1ccccc1/C(C)=N/C(=C)N(C)C. The second-order valence-corrected chi connectivity index (χ2v) is 7.03. The molecule has 2 aromatic carbocycles. The molecule has 2 aromatic rings. The first-order chi connectivity index (χ1) is 13.3. The van der Waals surface area contributed by atoms with Crippen molar-refractivity contribution in [3.05, 3.63) is 102 Å². The maximum Gasteiger partial charge on any atom is 0.121 e. The summed E-state index contributed by atoms with van der Waals surface area (Å²) in [5, 5.41) is 0. The van der Waals surface area contributed by atoms with Crippen LogP contribution in [-0.4, -0.2) is 24.7 Å². The van der Waals surface area contributed by atoms with E-state index in [2.05, 4.69) is 74.6 Å². The van der Waals surface area contributed by atoms with Crippen molar-refractivity contribution in [3.63, 3.8) is 0 Å². The Morgan fingerprint density at radius 1 is 1.00 bits per heavy atom. The quantitative estimate of drug-likeness (QED) is 0.318. The molecule has 0 aromatic heterocycles. The zero-order valence-corrected chi connectivity index (χ0v) is 17.8. The van der Waals surface area contributed by atoms with Crippen LogP contribution in [0.4, 0.5) is 0 Å². The second kappa shape index (κ2) is 9.21. The van der Waals surface area contributed by atoms with Gasteiger partial charge in [0, 0.05) is 30.9 Å². The Balaban J connectivity index is 2.57. The van der Waals surface area contributed by atoms with Gasteiger partial charge in [0.25, 0.3) is 0 Å². The second-order valence-electron chi connectivity index (χ2n) is 7.03. The van der Waals surface area contributed by atoms with Crippen molar-refractivity contribution >= 4 is 16.9 Å². The molecule has 0 fully saturated rings. The van der Waals surface area contributed by atoms with Crippen molar-refractivity contribution in [2.75, 3.05) is 14.1 Å². The molecule has 0 radical (unpaired) electrons. The van der Waals surface area contributed by atoms with E-state index >= 15 is 0 Å². The van der Waals surface area contributed by atoms with Crippen LogP contribution in [0.25, 0.3) is 11.1 Å². The molecule has 0 spiro atoms. The summed E-state index contributed by atoms with van der Waals surface area (Å²) in [4.78, 5) is 6.56. The number of allylic oxidation sites excluding steroid dienone is 2. The fourth-order valence-electron chi connectivity index (χ4n) is 3.26. The van der Waals surface area contributed by atoms with E-state index in [9.17, 15) is 0 Å². The number of rotatable bonds is 7. The predicted octanol–water partition coefficient (Wildman–Crippen LogP) is 6.28. The van der Waals surface area contributed by atoms with Crippen molar-refractivity contribution in [1.29, 1.82) is 0 Å². The zero-order valence-electron chi connectivity index (χ0n) is 17.8. The van der Waals surface area contributed by atoms with Gasteiger partial charge in [-0.1, -0.05) is 69.1 Å². The molecular formula is C26H30N2. The minimum atomic E-state index is 0.710. The molecule has 0 unspecified atom stereocenters. The van der Waals surface area contributed by atoms with Crippen molar-refractivity contribution < 1.29 is 0 Å². The minimum absolute atomic E-state index is 0.710. The van der Waals surface area contributed by atoms with E-state index < -0.39 is 0 Å². The molecule has 144 valence electrons. The molecule has 0 saturated heterocycles. The number of aryl methyl sites for hydroxylation is 1. The third-order valence-electron chi connectivity index (χ3n) is 5.03. The lowest BCUT2D eigenvalue weighted by atomic mass is 9.87. The summed E-state index contributed by atoms with van der Waals surface area (Å²) in [6, 6.07) is 14.6. The first-order valence-electron chi connectivity index (χ1n) is 9.51. The van der Waals surface area contributed by atoms with Gasteiger partial charge in [-0.25, -0.2) is 4.99 Å². The van der Waals surface area contributed by atoms with Crippen LogP contribution in [0.15, 0.2) is 78.7 Å². The maximum absolute atomic E-state index is 4.66. The summed E-state index contributed by atoms with van der Waals surface area (Å²) >= 11 is 0. The molecule has 2 nitrogen and oxygen atoms in total. The van der Waals surface area contributed by atoms with E-state index in [4.69, 9.17) is 0 Å². The highest BCUT2D eigenvalue weighted by atomic mass is 15.2. The lowest BCUT2D eigenvalue weighted by Crippen LogP contribution is -2.10. The summed E-state index contributed by atoms with van der Waals surface area (Å²) in [6.07, 6.45) is 0.995. The van der Waals surface area contributed by atoms with Crippen LogP contribution in [0.1, 0.15) is 41.7 Å². The van der Waals surface area contributed by atoms with Gasteiger partial charge in [0.15, 0.2) is 0 Å². The molecular weight excluding hydrogens is 340 g/mol. The van der Waals surface area contributed by atoms with E-state index in [0.717, 1.165) is 40.0 Å². The largest absolute Gasteiger partial charge is 0.363 e. The van der Waals surface area contributed by atoms with Gasteiger partial charge in [0.1, 0.15) is 5.82 Å². The molecule has 0 saturated carbocycles. The smallest absolute Gasteiger partial charge is 0.121 e. The Morgan fingerprint density at radius 3 is 2.18 bits per heavy atom. The summed E-state index contributed by atoms with van der Waals surface area (Å²) in [6.45, 7) is 18.7. The molecule has 2 rings (SSSR count). The Morgan fingerprint density at radius 2 is 1.61 bits per heavy atom. The number of hydrogen-bond donors (Lipinski definition) is 0. The van der Waals surface area contributed by atoms with Gasteiger partial charge in [-0.15, -0.1) is 5.73 Å². The van der Waals surface area contributed by atoms with Crippen LogP contribution in [-0.2, 0) is 6.42 Å². The van der Waals surface area contributed by atoms with Crippen molar-refractivity contribution in [2.45, 2.75) is 27.2 Å². The first kappa shape index (κ1) is 21.2. The average Bonchev–Trinajstić information content (AvgIpc) is 2.68. The zero-order chi connectivity index (χ0) is 20.8. The van der Waals surface area contributed by atoms with Crippen LogP contribution in [0.5, 0.6) is 0 Å². The molecule has 0 bridgehead atoms. The third-order valence-corrected chi connectivity index (χ3v) is 5.03. The molecule has 0 atom stereocenters. The van der Waals surface area contributed by atoms with Crippen molar-refractivity contribution in [3.8, 4) is 0 Å². The highest BCUT2D eigenvalue weighted by Gasteiger charge is 2.16. The van der Waals surface area contributed by atoms with Gasteiger partial charge in [-0.2, -0.15) is 0 Å². The van der Waals surface area contributed by atoms with E-state index in [1.54, 1.807) is 0 Å². The van der Waals surface area contributed by atoms with Gasteiger partial charge < -0.3 is 4.90 Å². The Bertz CT molecular complexity index is 983. The van der Waals surface area contributed by atoms with E-state index in [0.29, 0.717) is 5.82 Å². The molecule has 0 amide bonds. The number of hydrogen-bond acceptors (Lipinski definition) is 2. The Labute approximate surface area is 169 Å². The summed E-state index contributed by atoms with van der Waals surface area (Å²) < 4.78 is 0. The molecule has 0 N–H and O–H groups in total. The molecule has 28 heavy (non-hydrogen) atoms. The first-order valence-corrected chi connectivity index (χ1v) is 9.51. The molecule has 0 aliphatic heterocycles. The summed E-state index contributed by atoms with van der Waals surface area (Å²) in [5.74, 6) is 0.710. The fraction of sp³-hybridized carbons (Fsp3) is 0.231. The van der Waals surface area contributed by atoms with Crippen LogP contribution >= 0.6 is 0 Å². The van der Waals surface area contributed by atoms with Crippen LogP contribution < -0.4 is 0 Å². The Kier molecular flexibility index (Phi) is 6.98. The van der Waals surface area contributed by atoms with Gasteiger partial charge in [-0.05, 0) is 48.1 Å². The number of aliphatic imine (C=N–C) groups is 1. The molecule has 2 heteroatoms. The highest BCUT2D eigenvalue weighted by Crippen LogP contribution is 2.34. The summed E-state index contributed by atoms with van der Waals surface area (Å²) in [5.41, 5.74) is 11.6. The van der Waals surface area contributed by atoms with Gasteiger partial charge in [0.2, 0.25) is 0 Å². The number of benzene rings is 2. The number of nitrogens with zero attached hydrogens (tertiary/aromatic N) is 2. The topological polar surface area (TPSA) is 15.6 Å². The summed E-state index contributed by atoms with van der Waals surface area (Å²) in [7, 11) is 3.87. The van der Waals surface area contributed by atoms with Gasteiger partial charge in [0.05, 0.1) is 0 Å². The maximum atomic E-state index is 4.66. The van der Waals surface area contributed by atoms with Crippen molar-refractivity contribution in [2.24, 2.45) is 4.99 Å². The lowest BCUT2D eigenvalue weighted by molar-refractivity contribution is 0.509. The monoisotopic (exact) mass is 370 g/mol. The van der Waals surface area contributed by atoms with Crippen LogP contribution in [0.3, 0.4) is 0 Å². The standard InChI is InChI=1S/C26H30N2/c1-9-22-14-13-17-24(18(22)3)19(4)23(10-2)26-16-12-11-15-25(26)20(5)27-21(6)28(7)8/h11-17H,2,4,6,9H2,1,3,5,7-8H3/b27-20+. The van der Waals surface area contributed by atoms with E-state index in [1.165, 1.54) is 11.1 Å². The van der Waals surface area contributed by atoms with Crippen molar-refractivity contribution in [1.82, 2.24) is 4.90 Å². The van der Waals surface area contributed by atoms with E-state index in [1.807, 2.05) is 38.1 Å². The fourth-order valence-corrected chi connectivity index (χ4v) is 3.26. The molecule has 0 heterocycles.